The first-order chi connectivity index (χ1) is 11.3. The molecule has 0 aromatic carbocycles. The highest BCUT2D eigenvalue weighted by atomic mass is 16.6. The number of hydrogen-bond donors (Lipinski definition) is 0. The third-order valence-electron chi connectivity index (χ3n) is 4.48. The fraction of sp³-hybridized carbons (Fsp3) is 0.722. The summed E-state index contributed by atoms with van der Waals surface area (Å²) in [4.78, 5) is 24.8. The molecule has 1 atom stereocenters. The Morgan fingerprint density at radius 2 is 2.04 bits per heavy atom. The number of hydrogen-bond acceptors (Lipinski definition) is 5. The van der Waals surface area contributed by atoms with Gasteiger partial charge in [0, 0.05) is 38.2 Å². The molecule has 1 aromatic rings. The second-order valence-electron chi connectivity index (χ2n) is 7.66. The van der Waals surface area contributed by atoms with Crippen molar-refractivity contribution >= 4 is 6.09 Å². The molecule has 0 aliphatic carbocycles. The van der Waals surface area contributed by atoms with Gasteiger partial charge in [0.25, 0.3) is 0 Å². The van der Waals surface area contributed by atoms with E-state index >= 15 is 0 Å². The largest absolute Gasteiger partial charge is 0.444 e. The molecule has 1 fully saturated rings. The number of ether oxygens (including phenoxy) is 1. The predicted octanol–water partition coefficient (Wildman–Crippen LogP) is 3.12. The average molecular weight is 334 g/mol. The number of likely N-dealkylation sites (tertiary alicyclic amines) is 1. The van der Waals surface area contributed by atoms with E-state index in [1.165, 1.54) is 0 Å². The number of carbonyl (C=O) groups excluding carboxylic acids is 1. The van der Waals surface area contributed by atoms with Crippen LogP contribution in [-0.2, 0) is 4.74 Å². The molecule has 0 bridgehead atoms. The highest BCUT2D eigenvalue weighted by Gasteiger charge is 2.28. The van der Waals surface area contributed by atoms with E-state index in [2.05, 4.69) is 28.8 Å². The Morgan fingerprint density at radius 3 is 2.58 bits per heavy atom. The number of piperidine rings is 1. The van der Waals surface area contributed by atoms with Crippen molar-refractivity contribution in [1.29, 1.82) is 0 Å². The first-order valence-electron chi connectivity index (χ1n) is 8.70. The lowest BCUT2D eigenvalue weighted by Crippen LogP contribution is -2.43. The van der Waals surface area contributed by atoms with Gasteiger partial charge in [-0.3, -0.25) is 14.9 Å². The van der Waals surface area contributed by atoms with E-state index in [0.29, 0.717) is 5.92 Å². The zero-order valence-corrected chi connectivity index (χ0v) is 15.5. The molecule has 24 heavy (non-hydrogen) atoms. The fourth-order valence-corrected chi connectivity index (χ4v) is 2.94. The Morgan fingerprint density at radius 1 is 1.38 bits per heavy atom. The molecule has 1 aromatic heterocycles. The standard InChI is InChI=1S/C18H30N4O2/c1-14(16-12-19-8-9-20-16)21(5)13-15-6-10-22(11-7-15)17(23)24-18(2,3)4/h8-9,12,14-15H,6-7,10-11,13H2,1-5H3/t14-/m0/s1. The summed E-state index contributed by atoms with van der Waals surface area (Å²) < 4.78 is 5.45. The van der Waals surface area contributed by atoms with E-state index in [0.717, 1.165) is 38.2 Å². The summed E-state index contributed by atoms with van der Waals surface area (Å²) in [5.74, 6) is 0.591. The number of nitrogens with zero attached hydrogens (tertiary/aromatic N) is 4. The maximum absolute atomic E-state index is 12.1. The Hall–Kier alpha value is -1.69. The topological polar surface area (TPSA) is 58.6 Å². The summed E-state index contributed by atoms with van der Waals surface area (Å²) in [6.07, 6.45) is 7.09. The number of carbonyl (C=O) groups is 1. The van der Waals surface area contributed by atoms with Gasteiger partial charge < -0.3 is 9.64 Å². The molecule has 0 spiro atoms. The number of rotatable bonds is 4. The third kappa shape index (κ3) is 5.44. The van der Waals surface area contributed by atoms with Gasteiger partial charge in [0.1, 0.15) is 5.60 Å². The zero-order valence-electron chi connectivity index (χ0n) is 15.5. The van der Waals surface area contributed by atoms with E-state index in [4.69, 9.17) is 4.74 Å². The first-order valence-corrected chi connectivity index (χ1v) is 8.70. The molecule has 6 nitrogen and oxygen atoms in total. The van der Waals surface area contributed by atoms with Gasteiger partial charge in [-0.05, 0) is 53.5 Å². The summed E-state index contributed by atoms with van der Waals surface area (Å²) >= 11 is 0. The summed E-state index contributed by atoms with van der Waals surface area (Å²) in [6.45, 7) is 10.4. The van der Waals surface area contributed by atoms with E-state index in [1.807, 2.05) is 31.9 Å². The van der Waals surface area contributed by atoms with Gasteiger partial charge in [0.15, 0.2) is 0 Å². The van der Waals surface area contributed by atoms with Crippen molar-refractivity contribution in [3.05, 3.63) is 24.3 Å². The van der Waals surface area contributed by atoms with Crippen molar-refractivity contribution in [2.24, 2.45) is 5.92 Å². The molecule has 0 saturated carbocycles. The van der Waals surface area contributed by atoms with Crippen molar-refractivity contribution in [3.63, 3.8) is 0 Å². The van der Waals surface area contributed by atoms with E-state index in [-0.39, 0.29) is 12.1 Å². The SMILES string of the molecule is C[C@@H](c1cnccn1)N(C)CC1CCN(C(=O)OC(C)(C)C)CC1. The van der Waals surface area contributed by atoms with Gasteiger partial charge in [-0.1, -0.05) is 0 Å². The van der Waals surface area contributed by atoms with Crippen LogP contribution in [0.3, 0.4) is 0 Å². The van der Waals surface area contributed by atoms with Crippen LogP contribution in [0.5, 0.6) is 0 Å². The average Bonchev–Trinajstić information content (AvgIpc) is 2.54. The molecule has 0 N–H and O–H groups in total. The van der Waals surface area contributed by atoms with Crippen molar-refractivity contribution in [2.45, 2.75) is 52.2 Å². The molecule has 0 radical (unpaired) electrons. The van der Waals surface area contributed by atoms with Gasteiger partial charge in [-0.15, -0.1) is 0 Å². The number of aromatic nitrogens is 2. The Labute approximate surface area is 145 Å². The lowest BCUT2D eigenvalue weighted by atomic mass is 9.96. The van der Waals surface area contributed by atoms with Gasteiger partial charge in [0.2, 0.25) is 0 Å². The van der Waals surface area contributed by atoms with Crippen molar-refractivity contribution in [1.82, 2.24) is 19.8 Å². The van der Waals surface area contributed by atoms with E-state index in [9.17, 15) is 4.79 Å². The summed E-state index contributed by atoms with van der Waals surface area (Å²) in [5, 5.41) is 0. The molecule has 2 rings (SSSR count). The maximum Gasteiger partial charge on any atom is 0.410 e. The van der Waals surface area contributed by atoms with Crippen LogP contribution in [0.25, 0.3) is 0 Å². The second-order valence-corrected chi connectivity index (χ2v) is 7.66. The summed E-state index contributed by atoms with van der Waals surface area (Å²) in [7, 11) is 2.12. The van der Waals surface area contributed by atoms with Crippen LogP contribution in [0.2, 0.25) is 0 Å². The Bertz CT molecular complexity index is 522. The predicted molar refractivity (Wildman–Crippen MR) is 93.6 cm³/mol. The van der Waals surface area contributed by atoms with Crippen LogP contribution in [0.15, 0.2) is 18.6 Å². The molecule has 0 unspecified atom stereocenters. The Balaban J connectivity index is 1.79. The third-order valence-corrected chi connectivity index (χ3v) is 4.48. The molecular weight excluding hydrogens is 304 g/mol. The minimum Gasteiger partial charge on any atom is -0.444 e. The highest BCUT2D eigenvalue weighted by Crippen LogP contribution is 2.23. The molecule has 1 saturated heterocycles. The smallest absolute Gasteiger partial charge is 0.410 e. The molecular formula is C18H30N4O2. The second kappa shape index (κ2) is 7.92. The maximum atomic E-state index is 12.1. The van der Waals surface area contributed by atoms with Crippen LogP contribution in [-0.4, -0.2) is 58.1 Å². The minimum atomic E-state index is -0.430. The summed E-state index contributed by atoms with van der Waals surface area (Å²) in [5.41, 5.74) is 0.562. The quantitative estimate of drug-likeness (QED) is 0.847. The minimum absolute atomic E-state index is 0.192. The molecule has 6 heteroatoms. The van der Waals surface area contributed by atoms with Gasteiger partial charge >= 0.3 is 6.09 Å². The van der Waals surface area contributed by atoms with Crippen LogP contribution in [0.1, 0.15) is 52.3 Å². The molecule has 1 amide bonds. The van der Waals surface area contributed by atoms with Crippen LogP contribution < -0.4 is 0 Å². The van der Waals surface area contributed by atoms with E-state index in [1.54, 1.807) is 12.4 Å². The van der Waals surface area contributed by atoms with Crippen molar-refractivity contribution in [3.8, 4) is 0 Å². The van der Waals surface area contributed by atoms with Crippen LogP contribution in [0.4, 0.5) is 4.79 Å². The molecule has 1 aliphatic rings. The lowest BCUT2D eigenvalue weighted by molar-refractivity contribution is 0.0168. The zero-order chi connectivity index (χ0) is 17.7. The number of amides is 1. The molecule has 134 valence electrons. The van der Waals surface area contributed by atoms with Crippen LogP contribution >= 0.6 is 0 Å². The summed E-state index contributed by atoms with van der Waals surface area (Å²) in [6, 6.07) is 0.239. The normalized spacial score (nSPS) is 17.8. The Kier molecular flexibility index (Phi) is 6.15. The highest BCUT2D eigenvalue weighted by molar-refractivity contribution is 5.68. The first kappa shape index (κ1) is 18.6. The lowest BCUT2D eigenvalue weighted by Gasteiger charge is -2.36. The molecule has 1 aliphatic heterocycles. The monoisotopic (exact) mass is 334 g/mol. The van der Waals surface area contributed by atoms with E-state index < -0.39 is 5.60 Å². The fourth-order valence-electron chi connectivity index (χ4n) is 2.94. The van der Waals surface area contributed by atoms with Crippen LogP contribution in [0, 0.1) is 5.92 Å². The van der Waals surface area contributed by atoms with Gasteiger partial charge in [-0.2, -0.15) is 0 Å². The van der Waals surface area contributed by atoms with Gasteiger partial charge in [0.05, 0.1) is 11.7 Å². The van der Waals surface area contributed by atoms with Crippen molar-refractivity contribution < 1.29 is 9.53 Å². The molecule has 2 heterocycles. The van der Waals surface area contributed by atoms with Gasteiger partial charge in [-0.25, -0.2) is 4.79 Å². The van der Waals surface area contributed by atoms with Crippen molar-refractivity contribution in [2.75, 3.05) is 26.7 Å².